The minimum absolute atomic E-state index is 0.230. The van der Waals surface area contributed by atoms with Gasteiger partial charge >= 0.3 is 5.97 Å². The van der Waals surface area contributed by atoms with Crippen molar-refractivity contribution in [1.82, 2.24) is 0 Å². The standard InChI is InChI=1S/C24H46O2/c1-5-7-9-11-12-13-14-15-16-18-20-23(19-17-10-8-6-2)21-26-24(25)22(3)4/h23H,3,5-21H2,1-2,4H3. The highest BCUT2D eigenvalue weighted by atomic mass is 16.5. The normalized spacial score (nSPS) is 12.1. The number of hydrogen-bond acceptors (Lipinski definition) is 2. The van der Waals surface area contributed by atoms with Gasteiger partial charge in [0, 0.05) is 5.57 Å². The van der Waals surface area contributed by atoms with E-state index in [1.807, 2.05) is 0 Å². The molecule has 0 aliphatic rings. The fraction of sp³-hybridized carbons (Fsp3) is 0.875. The molecule has 154 valence electrons. The molecule has 0 radical (unpaired) electrons. The topological polar surface area (TPSA) is 26.3 Å². The van der Waals surface area contributed by atoms with Gasteiger partial charge in [0.25, 0.3) is 0 Å². The second-order valence-corrected chi connectivity index (χ2v) is 8.06. The van der Waals surface area contributed by atoms with E-state index < -0.39 is 0 Å². The van der Waals surface area contributed by atoms with E-state index >= 15 is 0 Å². The molecule has 0 aliphatic carbocycles. The minimum Gasteiger partial charge on any atom is -0.462 e. The Labute approximate surface area is 164 Å². The molecule has 0 aromatic carbocycles. The van der Waals surface area contributed by atoms with Crippen LogP contribution in [0.2, 0.25) is 0 Å². The number of hydrogen-bond donors (Lipinski definition) is 0. The molecule has 0 spiro atoms. The lowest BCUT2D eigenvalue weighted by Gasteiger charge is -2.17. The van der Waals surface area contributed by atoms with Crippen LogP contribution in [0.3, 0.4) is 0 Å². The van der Waals surface area contributed by atoms with Gasteiger partial charge in [-0.25, -0.2) is 4.79 Å². The first-order chi connectivity index (χ1) is 12.6. The zero-order chi connectivity index (χ0) is 19.5. The molecule has 1 atom stereocenters. The van der Waals surface area contributed by atoms with E-state index in [0.29, 0.717) is 18.1 Å². The quantitative estimate of drug-likeness (QED) is 0.131. The molecule has 0 saturated heterocycles. The van der Waals surface area contributed by atoms with Crippen LogP contribution in [0.15, 0.2) is 12.2 Å². The van der Waals surface area contributed by atoms with Gasteiger partial charge in [0.05, 0.1) is 6.61 Å². The first-order valence-corrected chi connectivity index (χ1v) is 11.4. The summed E-state index contributed by atoms with van der Waals surface area (Å²) in [6, 6.07) is 0. The van der Waals surface area contributed by atoms with Gasteiger partial charge in [0.15, 0.2) is 0 Å². The molecule has 0 aromatic heterocycles. The molecule has 0 heterocycles. The first-order valence-electron chi connectivity index (χ1n) is 11.4. The van der Waals surface area contributed by atoms with Crippen molar-refractivity contribution in [1.29, 1.82) is 0 Å². The van der Waals surface area contributed by atoms with E-state index in [0.717, 1.165) is 0 Å². The minimum atomic E-state index is -0.230. The summed E-state index contributed by atoms with van der Waals surface area (Å²) in [6.07, 6.45) is 21.3. The van der Waals surface area contributed by atoms with Gasteiger partial charge in [0.1, 0.15) is 0 Å². The van der Waals surface area contributed by atoms with E-state index in [1.165, 1.54) is 103 Å². The van der Waals surface area contributed by atoms with Crippen LogP contribution in [0.25, 0.3) is 0 Å². The molecule has 0 amide bonds. The lowest BCUT2D eigenvalue weighted by atomic mass is 9.95. The van der Waals surface area contributed by atoms with Crippen molar-refractivity contribution in [3.8, 4) is 0 Å². The SMILES string of the molecule is C=C(C)C(=O)OCC(CCCCCC)CCCCCCCCCCCC. The smallest absolute Gasteiger partial charge is 0.333 e. The molecular formula is C24H46O2. The second-order valence-electron chi connectivity index (χ2n) is 8.06. The van der Waals surface area contributed by atoms with Crippen molar-refractivity contribution in [2.24, 2.45) is 5.92 Å². The predicted octanol–water partition coefficient (Wildman–Crippen LogP) is 8.00. The maximum absolute atomic E-state index is 11.6. The van der Waals surface area contributed by atoms with E-state index in [9.17, 15) is 4.79 Å². The third-order valence-corrected chi connectivity index (χ3v) is 5.23. The summed E-state index contributed by atoms with van der Waals surface area (Å²) in [6.45, 7) is 10.5. The third-order valence-electron chi connectivity index (χ3n) is 5.23. The number of carbonyl (C=O) groups is 1. The Balaban J connectivity index is 3.80. The van der Waals surface area contributed by atoms with Crippen molar-refractivity contribution < 1.29 is 9.53 Å². The lowest BCUT2D eigenvalue weighted by Crippen LogP contribution is -2.15. The number of unbranched alkanes of at least 4 members (excludes halogenated alkanes) is 12. The van der Waals surface area contributed by atoms with Crippen LogP contribution in [-0.4, -0.2) is 12.6 Å². The zero-order valence-electron chi connectivity index (χ0n) is 18.1. The Morgan fingerprint density at radius 2 is 1.12 bits per heavy atom. The Morgan fingerprint density at radius 1 is 0.731 bits per heavy atom. The van der Waals surface area contributed by atoms with Crippen molar-refractivity contribution in [3.63, 3.8) is 0 Å². The number of carbonyl (C=O) groups excluding carboxylic acids is 1. The fourth-order valence-corrected chi connectivity index (χ4v) is 3.41. The van der Waals surface area contributed by atoms with Gasteiger partial charge in [-0.2, -0.15) is 0 Å². The average molecular weight is 367 g/mol. The Kier molecular flexibility index (Phi) is 18.4. The molecule has 0 fully saturated rings. The third kappa shape index (κ3) is 16.7. The largest absolute Gasteiger partial charge is 0.462 e. The summed E-state index contributed by atoms with van der Waals surface area (Å²) < 4.78 is 5.43. The summed E-state index contributed by atoms with van der Waals surface area (Å²) in [5.74, 6) is 0.302. The maximum atomic E-state index is 11.6. The Morgan fingerprint density at radius 3 is 1.54 bits per heavy atom. The summed E-state index contributed by atoms with van der Waals surface area (Å²) in [5, 5.41) is 0. The summed E-state index contributed by atoms with van der Waals surface area (Å²) in [4.78, 5) is 11.6. The monoisotopic (exact) mass is 366 g/mol. The molecule has 0 saturated carbocycles. The van der Waals surface area contributed by atoms with Gasteiger partial charge < -0.3 is 4.74 Å². The van der Waals surface area contributed by atoms with Crippen LogP contribution in [0.5, 0.6) is 0 Å². The summed E-state index contributed by atoms with van der Waals surface area (Å²) in [7, 11) is 0. The van der Waals surface area contributed by atoms with Crippen LogP contribution < -0.4 is 0 Å². The van der Waals surface area contributed by atoms with Crippen molar-refractivity contribution in [2.45, 2.75) is 124 Å². The second kappa shape index (κ2) is 19.0. The molecule has 1 unspecified atom stereocenters. The van der Waals surface area contributed by atoms with Crippen LogP contribution in [0.4, 0.5) is 0 Å². The molecule has 2 heteroatoms. The highest BCUT2D eigenvalue weighted by Gasteiger charge is 2.12. The Hall–Kier alpha value is -0.790. The lowest BCUT2D eigenvalue weighted by molar-refractivity contribution is -0.140. The van der Waals surface area contributed by atoms with Gasteiger partial charge in [-0.15, -0.1) is 0 Å². The van der Waals surface area contributed by atoms with Crippen LogP contribution >= 0.6 is 0 Å². The average Bonchev–Trinajstić information content (AvgIpc) is 2.63. The summed E-state index contributed by atoms with van der Waals surface area (Å²) >= 11 is 0. The maximum Gasteiger partial charge on any atom is 0.333 e. The van der Waals surface area contributed by atoms with Crippen molar-refractivity contribution in [3.05, 3.63) is 12.2 Å². The predicted molar refractivity (Wildman–Crippen MR) is 114 cm³/mol. The van der Waals surface area contributed by atoms with Crippen LogP contribution in [-0.2, 0) is 9.53 Å². The van der Waals surface area contributed by atoms with Crippen molar-refractivity contribution >= 4 is 5.97 Å². The fourth-order valence-electron chi connectivity index (χ4n) is 3.41. The highest BCUT2D eigenvalue weighted by Crippen LogP contribution is 2.20. The Bertz CT molecular complexity index is 335. The van der Waals surface area contributed by atoms with Crippen LogP contribution in [0, 0.1) is 5.92 Å². The molecular weight excluding hydrogens is 320 g/mol. The van der Waals surface area contributed by atoms with E-state index in [1.54, 1.807) is 6.92 Å². The molecule has 0 aliphatic heterocycles. The molecule has 0 rings (SSSR count). The molecule has 0 N–H and O–H groups in total. The zero-order valence-corrected chi connectivity index (χ0v) is 18.1. The summed E-state index contributed by atoms with van der Waals surface area (Å²) in [5.41, 5.74) is 0.508. The van der Waals surface area contributed by atoms with E-state index in [-0.39, 0.29) is 5.97 Å². The molecule has 0 aromatic rings. The molecule has 0 bridgehead atoms. The highest BCUT2D eigenvalue weighted by molar-refractivity contribution is 5.86. The van der Waals surface area contributed by atoms with Gasteiger partial charge in [-0.1, -0.05) is 110 Å². The van der Waals surface area contributed by atoms with Gasteiger partial charge in [-0.3, -0.25) is 0 Å². The van der Waals surface area contributed by atoms with Gasteiger partial charge in [-0.05, 0) is 25.7 Å². The van der Waals surface area contributed by atoms with Crippen molar-refractivity contribution in [2.75, 3.05) is 6.61 Å². The number of esters is 1. The number of rotatable bonds is 19. The molecule has 2 nitrogen and oxygen atoms in total. The van der Waals surface area contributed by atoms with Crippen LogP contribution in [0.1, 0.15) is 124 Å². The van der Waals surface area contributed by atoms with Gasteiger partial charge in [0.2, 0.25) is 0 Å². The van der Waals surface area contributed by atoms with E-state index in [4.69, 9.17) is 4.74 Å². The number of ether oxygens (including phenoxy) is 1. The van der Waals surface area contributed by atoms with E-state index in [2.05, 4.69) is 20.4 Å². The first kappa shape index (κ1) is 25.2. The molecule has 26 heavy (non-hydrogen) atoms.